The van der Waals surface area contributed by atoms with E-state index in [2.05, 4.69) is 0 Å². The van der Waals surface area contributed by atoms with E-state index >= 15 is 0 Å². The predicted octanol–water partition coefficient (Wildman–Crippen LogP) is 1.34. The third kappa shape index (κ3) is 3.51. The SMILES string of the molecule is CCN(C(=O)c1cc(F)ccc1S(N)(=O)=O)C(C)C. The minimum absolute atomic E-state index is 0.130. The minimum atomic E-state index is -4.08. The molecule has 5 nitrogen and oxygen atoms in total. The smallest absolute Gasteiger partial charge is 0.255 e. The van der Waals surface area contributed by atoms with Crippen LogP contribution in [0.4, 0.5) is 4.39 Å². The number of sulfonamides is 1. The Labute approximate surface area is 112 Å². The lowest BCUT2D eigenvalue weighted by Gasteiger charge is -2.25. The lowest BCUT2D eigenvalue weighted by atomic mass is 10.1. The van der Waals surface area contributed by atoms with E-state index in [4.69, 9.17) is 5.14 Å². The number of amides is 1. The maximum atomic E-state index is 13.3. The Hall–Kier alpha value is -1.47. The third-order valence-corrected chi connectivity index (χ3v) is 3.67. The van der Waals surface area contributed by atoms with Crippen molar-refractivity contribution in [2.24, 2.45) is 5.14 Å². The van der Waals surface area contributed by atoms with Crippen LogP contribution in [0.15, 0.2) is 23.1 Å². The lowest BCUT2D eigenvalue weighted by molar-refractivity contribution is 0.0712. The number of rotatable bonds is 4. The van der Waals surface area contributed by atoms with E-state index in [9.17, 15) is 17.6 Å². The molecule has 0 unspecified atom stereocenters. The maximum Gasteiger partial charge on any atom is 0.255 e. The molecule has 0 saturated carbocycles. The van der Waals surface area contributed by atoms with Crippen LogP contribution < -0.4 is 5.14 Å². The molecule has 0 fully saturated rings. The van der Waals surface area contributed by atoms with Crippen LogP contribution in [0.5, 0.6) is 0 Å². The monoisotopic (exact) mass is 288 g/mol. The lowest BCUT2D eigenvalue weighted by Crippen LogP contribution is -2.37. The fourth-order valence-corrected chi connectivity index (χ4v) is 2.53. The van der Waals surface area contributed by atoms with Gasteiger partial charge in [0, 0.05) is 12.6 Å². The topological polar surface area (TPSA) is 80.5 Å². The van der Waals surface area contributed by atoms with Gasteiger partial charge in [0.1, 0.15) is 5.82 Å². The van der Waals surface area contributed by atoms with Crippen molar-refractivity contribution in [1.29, 1.82) is 0 Å². The Bertz CT molecular complexity index is 585. The molecule has 1 aromatic rings. The molecule has 0 spiro atoms. The Kier molecular flexibility index (Phi) is 4.65. The number of benzene rings is 1. The molecule has 2 N–H and O–H groups in total. The molecule has 0 aliphatic carbocycles. The average Bonchev–Trinajstić information content (AvgIpc) is 2.27. The van der Waals surface area contributed by atoms with Gasteiger partial charge in [-0.3, -0.25) is 4.79 Å². The summed E-state index contributed by atoms with van der Waals surface area (Å²) in [5, 5.41) is 5.04. The number of halogens is 1. The molecule has 1 aromatic carbocycles. The van der Waals surface area contributed by atoms with Crippen LogP contribution in [0.2, 0.25) is 0 Å². The molecule has 0 aromatic heterocycles. The van der Waals surface area contributed by atoms with Gasteiger partial charge in [0.25, 0.3) is 5.91 Å². The number of hydrogen-bond acceptors (Lipinski definition) is 3. The van der Waals surface area contributed by atoms with Crippen LogP contribution in [-0.2, 0) is 10.0 Å². The summed E-state index contributed by atoms with van der Waals surface area (Å²) in [7, 11) is -4.08. The van der Waals surface area contributed by atoms with Crippen LogP contribution in [0.3, 0.4) is 0 Å². The molecule has 106 valence electrons. The van der Waals surface area contributed by atoms with Gasteiger partial charge in [0.05, 0.1) is 10.5 Å². The highest BCUT2D eigenvalue weighted by atomic mass is 32.2. The molecule has 0 heterocycles. The van der Waals surface area contributed by atoms with Gasteiger partial charge in [-0.2, -0.15) is 0 Å². The van der Waals surface area contributed by atoms with Crippen LogP contribution >= 0.6 is 0 Å². The van der Waals surface area contributed by atoms with Crippen LogP contribution in [0.1, 0.15) is 31.1 Å². The highest BCUT2D eigenvalue weighted by molar-refractivity contribution is 7.89. The summed E-state index contributed by atoms with van der Waals surface area (Å²) in [6.07, 6.45) is 0. The predicted molar refractivity (Wildman–Crippen MR) is 69.6 cm³/mol. The molecule has 1 rings (SSSR count). The normalized spacial score (nSPS) is 11.7. The van der Waals surface area contributed by atoms with E-state index in [0.717, 1.165) is 18.2 Å². The van der Waals surface area contributed by atoms with Gasteiger partial charge < -0.3 is 4.90 Å². The zero-order valence-electron chi connectivity index (χ0n) is 11.1. The van der Waals surface area contributed by atoms with Gasteiger partial charge in [-0.1, -0.05) is 0 Å². The molecule has 1 amide bonds. The minimum Gasteiger partial charge on any atom is -0.336 e. The Morgan fingerprint density at radius 1 is 1.42 bits per heavy atom. The van der Waals surface area contributed by atoms with Crippen molar-refractivity contribution in [2.75, 3.05) is 6.54 Å². The number of carbonyl (C=O) groups excluding carboxylic acids is 1. The second-order valence-corrected chi connectivity index (χ2v) is 5.90. The largest absolute Gasteiger partial charge is 0.336 e. The van der Waals surface area contributed by atoms with E-state index in [1.165, 1.54) is 4.90 Å². The van der Waals surface area contributed by atoms with E-state index < -0.39 is 21.7 Å². The molecular formula is C12H17FN2O3S. The van der Waals surface area contributed by atoms with Crippen molar-refractivity contribution in [1.82, 2.24) is 4.90 Å². The van der Waals surface area contributed by atoms with Gasteiger partial charge in [-0.25, -0.2) is 17.9 Å². The molecule has 0 saturated heterocycles. The Balaban J connectivity index is 3.41. The molecular weight excluding hydrogens is 271 g/mol. The summed E-state index contributed by atoms with van der Waals surface area (Å²) in [5.41, 5.74) is -0.238. The second kappa shape index (κ2) is 5.66. The number of primary sulfonamides is 1. The van der Waals surface area contributed by atoms with Gasteiger partial charge in [0.2, 0.25) is 10.0 Å². The zero-order chi connectivity index (χ0) is 14.8. The van der Waals surface area contributed by atoms with E-state index in [1.54, 1.807) is 20.8 Å². The first kappa shape index (κ1) is 15.6. The molecule has 0 aliphatic heterocycles. The summed E-state index contributed by atoms with van der Waals surface area (Å²) in [6, 6.07) is 2.73. The number of nitrogens with zero attached hydrogens (tertiary/aromatic N) is 1. The highest BCUT2D eigenvalue weighted by Gasteiger charge is 2.24. The first-order valence-corrected chi connectivity index (χ1v) is 7.36. The van der Waals surface area contributed by atoms with Gasteiger partial charge in [-0.05, 0) is 39.0 Å². The molecule has 0 bridgehead atoms. The molecule has 0 radical (unpaired) electrons. The van der Waals surface area contributed by atoms with Gasteiger partial charge >= 0.3 is 0 Å². The quantitative estimate of drug-likeness (QED) is 0.908. The molecule has 0 aliphatic rings. The summed E-state index contributed by atoms with van der Waals surface area (Å²) in [5.74, 6) is -1.24. The summed E-state index contributed by atoms with van der Waals surface area (Å²) < 4.78 is 36.1. The van der Waals surface area contributed by atoms with Crippen LogP contribution in [0.25, 0.3) is 0 Å². The van der Waals surface area contributed by atoms with Crippen LogP contribution in [0, 0.1) is 5.82 Å². The van der Waals surface area contributed by atoms with Crippen LogP contribution in [-0.4, -0.2) is 31.8 Å². The van der Waals surface area contributed by atoms with Crippen molar-refractivity contribution in [2.45, 2.75) is 31.7 Å². The average molecular weight is 288 g/mol. The maximum absolute atomic E-state index is 13.3. The summed E-state index contributed by atoms with van der Waals surface area (Å²) in [4.78, 5) is 13.3. The number of carbonyl (C=O) groups is 1. The van der Waals surface area contributed by atoms with Gasteiger partial charge in [0.15, 0.2) is 0 Å². The molecule has 7 heteroatoms. The second-order valence-electron chi connectivity index (χ2n) is 4.37. The highest BCUT2D eigenvalue weighted by Crippen LogP contribution is 2.19. The standard InChI is InChI=1S/C12H17FN2O3S/c1-4-15(8(2)3)12(16)10-7-9(13)5-6-11(10)19(14,17)18/h5-8H,4H2,1-3H3,(H2,14,17,18). The summed E-state index contributed by atoms with van der Waals surface area (Å²) >= 11 is 0. The number of nitrogens with two attached hydrogens (primary N) is 1. The first-order valence-electron chi connectivity index (χ1n) is 5.81. The van der Waals surface area contributed by atoms with Crippen molar-refractivity contribution in [3.8, 4) is 0 Å². The Morgan fingerprint density at radius 2 is 2.00 bits per heavy atom. The fourth-order valence-electron chi connectivity index (χ4n) is 1.82. The third-order valence-electron chi connectivity index (χ3n) is 2.70. The van der Waals surface area contributed by atoms with Gasteiger partial charge in [-0.15, -0.1) is 0 Å². The first-order chi connectivity index (χ1) is 8.68. The summed E-state index contributed by atoms with van der Waals surface area (Å²) in [6.45, 7) is 5.72. The van der Waals surface area contributed by atoms with E-state index in [1.807, 2.05) is 0 Å². The Morgan fingerprint density at radius 3 is 2.42 bits per heavy atom. The van der Waals surface area contributed by atoms with E-state index in [-0.39, 0.29) is 16.5 Å². The van der Waals surface area contributed by atoms with Crippen molar-refractivity contribution < 1.29 is 17.6 Å². The van der Waals surface area contributed by atoms with Crippen molar-refractivity contribution >= 4 is 15.9 Å². The van der Waals surface area contributed by atoms with Crippen molar-refractivity contribution in [3.05, 3.63) is 29.6 Å². The molecule has 0 atom stereocenters. The zero-order valence-corrected chi connectivity index (χ0v) is 11.9. The van der Waals surface area contributed by atoms with Crippen molar-refractivity contribution in [3.63, 3.8) is 0 Å². The fraction of sp³-hybridized carbons (Fsp3) is 0.417. The molecule has 19 heavy (non-hydrogen) atoms. The number of hydrogen-bond donors (Lipinski definition) is 1. The van der Waals surface area contributed by atoms with E-state index in [0.29, 0.717) is 6.54 Å².